The molecule has 0 bridgehead atoms. The number of rotatable bonds is 3. The number of aromatic amines is 1. The Morgan fingerprint density at radius 1 is 1.10 bits per heavy atom. The molecule has 0 aromatic carbocycles. The molecule has 5 rings (SSSR count). The second kappa shape index (κ2) is 6.90. The number of carbonyl (C=O) groups excluding carboxylic acids is 1. The molecule has 0 radical (unpaired) electrons. The maximum Gasteiger partial charge on any atom is 0.255 e. The summed E-state index contributed by atoms with van der Waals surface area (Å²) in [6.45, 7) is 0.0273. The van der Waals surface area contributed by atoms with Gasteiger partial charge in [-0.1, -0.05) is 5.21 Å². The minimum Gasteiger partial charge on any atom is -0.338 e. The van der Waals surface area contributed by atoms with Gasteiger partial charge in [0.15, 0.2) is 11.5 Å². The largest absolute Gasteiger partial charge is 0.338 e. The third-order valence-corrected chi connectivity index (χ3v) is 4.97. The maximum atomic E-state index is 13.3. The number of hydrogen-bond acceptors (Lipinski definition) is 7. The summed E-state index contributed by atoms with van der Waals surface area (Å²) in [5, 5.41) is 14.7. The number of nitrogens with one attached hydrogen (secondary N) is 1. The molecule has 0 spiro atoms. The molecular weight excluding hydrogens is 396 g/mol. The predicted molar refractivity (Wildman–Crippen MR) is 99.9 cm³/mol. The van der Waals surface area contributed by atoms with Crippen LogP contribution in [0.1, 0.15) is 23.2 Å². The Hall–Kier alpha value is -3.83. The number of hydrogen-bond donors (Lipinski definition) is 1. The van der Waals surface area contributed by atoms with E-state index in [0.29, 0.717) is 33.9 Å². The van der Waals surface area contributed by atoms with Crippen LogP contribution in [0.15, 0.2) is 36.9 Å². The van der Waals surface area contributed by atoms with Gasteiger partial charge in [0.2, 0.25) is 0 Å². The Balaban J connectivity index is 1.39. The van der Waals surface area contributed by atoms with Gasteiger partial charge in [0.25, 0.3) is 11.8 Å². The van der Waals surface area contributed by atoms with Crippen molar-refractivity contribution in [2.24, 2.45) is 0 Å². The second-order valence-corrected chi connectivity index (χ2v) is 6.95. The standard InChI is InChI=1S/C18H15F2N9O/c19-18(20)3-5-28(6-4-18)17(30)11-7-14-16(22-8-11)29(27-25-14)12-1-2-13(21-9-12)15-23-10-24-26-15/h1-2,7-10H,3-6H2,(H,23,24,26). The number of alkyl halides is 2. The molecule has 30 heavy (non-hydrogen) atoms. The molecule has 4 aromatic heterocycles. The first-order valence-corrected chi connectivity index (χ1v) is 9.21. The normalized spacial score (nSPS) is 16.1. The van der Waals surface area contributed by atoms with Gasteiger partial charge >= 0.3 is 0 Å². The third-order valence-electron chi connectivity index (χ3n) is 4.97. The molecule has 1 saturated heterocycles. The molecule has 1 aliphatic heterocycles. The highest BCUT2D eigenvalue weighted by Gasteiger charge is 2.35. The number of H-pyrrole nitrogens is 1. The Morgan fingerprint density at radius 2 is 1.93 bits per heavy atom. The van der Waals surface area contributed by atoms with E-state index in [-0.39, 0.29) is 31.8 Å². The van der Waals surface area contributed by atoms with Gasteiger partial charge in [-0.25, -0.2) is 18.7 Å². The Kier molecular flexibility index (Phi) is 4.19. The van der Waals surface area contributed by atoms with E-state index in [1.807, 2.05) is 0 Å². The summed E-state index contributed by atoms with van der Waals surface area (Å²) in [4.78, 5) is 26.8. The van der Waals surface area contributed by atoms with E-state index in [9.17, 15) is 13.6 Å². The summed E-state index contributed by atoms with van der Waals surface area (Å²) in [6.07, 6.45) is 3.74. The predicted octanol–water partition coefficient (Wildman–Crippen LogP) is 1.87. The van der Waals surface area contributed by atoms with E-state index in [1.165, 1.54) is 22.1 Å². The quantitative estimate of drug-likeness (QED) is 0.547. The Labute approximate surface area is 168 Å². The van der Waals surface area contributed by atoms with Crippen molar-refractivity contribution >= 4 is 17.1 Å². The van der Waals surface area contributed by atoms with Crippen LogP contribution in [0, 0.1) is 0 Å². The lowest BCUT2D eigenvalue weighted by molar-refractivity contribution is -0.0494. The number of likely N-dealkylation sites (tertiary alicyclic amines) is 1. The molecule has 1 aliphatic rings. The van der Waals surface area contributed by atoms with Crippen LogP contribution in [0.5, 0.6) is 0 Å². The summed E-state index contributed by atoms with van der Waals surface area (Å²) in [5.41, 5.74) is 2.41. The minimum absolute atomic E-state index is 0.0137. The molecular formula is C18H15F2N9O. The van der Waals surface area contributed by atoms with Gasteiger partial charge in [-0.2, -0.15) is 9.78 Å². The molecule has 1 fully saturated rings. The molecule has 1 amide bonds. The van der Waals surface area contributed by atoms with Crippen molar-refractivity contribution in [2.45, 2.75) is 18.8 Å². The van der Waals surface area contributed by atoms with E-state index in [2.05, 4.69) is 35.5 Å². The van der Waals surface area contributed by atoms with E-state index >= 15 is 0 Å². The fraction of sp³-hybridized carbons (Fsp3) is 0.278. The van der Waals surface area contributed by atoms with E-state index in [0.717, 1.165) is 0 Å². The fourth-order valence-electron chi connectivity index (χ4n) is 3.31. The number of halogens is 2. The Morgan fingerprint density at radius 3 is 2.63 bits per heavy atom. The highest BCUT2D eigenvalue weighted by atomic mass is 19.3. The fourth-order valence-corrected chi connectivity index (χ4v) is 3.31. The van der Waals surface area contributed by atoms with Crippen molar-refractivity contribution in [1.82, 2.24) is 45.0 Å². The monoisotopic (exact) mass is 411 g/mol. The molecule has 10 nitrogen and oxygen atoms in total. The lowest BCUT2D eigenvalue weighted by atomic mass is 10.1. The first-order chi connectivity index (χ1) is 14.5. The van der Waals surface area contributed by atoms with Crippen molar-refractivity contribution in [3.05, 3.63) is 42.5 Å². The van der Waals surface area contributed by atoms with Crippen LogP contribution in [0.25, 0.3) is 28.4 Å². The first kappa shape index (κ1) is 18.2. The van der Waals surface area contributed by atoms with Crippen LogP contribution in [-0.4, -0.2) is 70.0 Å². The van der Waals surface area contributed by atoms with Gasteiger partial charge in [0.05, 0.1) is 17.4 Å². The molecule has 12 heteroatoms. The summed E-state index contributed by atoms with van der Waals surface area (Å²) in [5.74, 6) is -2.51. The lowest BCUT2D eigenvalue weighted by Crippen LogP contribution is -2.42. The minimum atomic E-state index is -2.71. The number of nitrogens with zero attached hydrogens (tertiary/aromatic N) is 8. The summed E-state index contributed by atoms with van der Waals surface area (Å²) in [6, 6.07) is 5.11. The molecule has 0 atom stereocenters. The number of carbonyl (C=O) groups is 1. The second-order valence-electron chi connectivity index (χ2n) is 6.95. The average molecular weight is 411 g/mol. The SMILES string of the molecule is O=C(c1cnc2c(c1)nnn2-c1ccc(-c2ncn[nH]2)nc1)N1CCC(F)(F)CC1. The smallest absolute Gasteiger partial charge is 0.255 e. The zero-order valence-corrected chi connectivity index (χ0v) is 15.5. The number of pyridine rings is 2. The van der Waals surface area contributed by atoms with Crippen LogP contribution in [0.4, 0.5) is 8.78 Å². The lowest BCUT2D eigenvalue weighted by Gasteiger charge is -2.31. The molecule has 4 aromatic rings. The number of aromatic nitrogens is 8. The van der Waals surface area contributed by atoms with Crippen molar-refractivity contribution in [2.75, 3.05) is 13.1 Å². The number of fused-ring (bicyclic) bond motifs is 1. The van der Waals surface area contributed by atoms with Crippen molar-refractivity contribution < 1.29 is 13.6 Å². The van der Waals surface area contributed by atoms with Crippen LogP contribution in [0.3, 0.4) is 0 Å². The van der Waals surface area contributed by atoms with Crippen LogP contribution < -0.4 is 0 Å². The average Bonchev–Trinajstić information content (AvgIpc) is 3.43. The number of piperidine rings is 1. The summed E-state index contributed by atoms with van der Waals surface area (Å²) >= 11 is 0. The molecule has 0 unspecified atom stereocenters. The van der Waals surface area contributed by atoms with Crippen molar-refractivity contribution in [3.63, 3.8) is 0 Å². The van der Waals surface area contributed by atoms with E-state index in [4.69, 9.17) is 0 Å². The van der Waals surface area contributed by atoms with E-state index < -0.39 is 5.92 Å². The Bertz CT molecular complexity index is 1190. The molecule has 5 heterocycles. The van der Waals surface area contributed by atoms with Gasteiger partial charge in [-0.15, -0.1) is 5.10 Å². The highest BCUT2D eigenvalue weighted by molar-refractivity contribution is 5.96. The van der Waals surface area contributed by atoms with E-state index in [1.54, 1.807) is 24.4 Å². The maximum absolute atomic E-state index is 13.3. The molecule has 0 saturated carbocycles. The number of amides is 1. The van der Waals surface area contributed by atoms with Gasteiger partial charge in [0, 0.05) is 32.1 Å². The molecule has 0 aliphatic carbocycles. The van der Waals surface area contributed by atoms with Crippen molar-refractivity contribution in [3.8, 4) is 17.2 Å². The topological polar surface area (TPSA) is 118 Å². The van der Waals surface area contributed by atoms with Crippen LogP contribution in [0.2, 0.25) is 0 Å². The van der Waals surface area contributed by atoms with Gasteiger partial charge < -0.3 is 4.90 Å². The summed E-state index contributed by atoms with van der Waals surface area (Å²) < 4.78 is 28.2. The third kappa shape index (κ3) is 3.25. The van der Waals surface area contributed by atoms with Crippen LogP contribution in [-0.2, 0) is 0 Å². The first-order valence-electron chi connectivity index (χ1n) is 9.21. The zero-order valence-electron chi connectivity index (χ0n) is 15.5. The summed E-state index contributed by atoms with van der Waals surface area (Å²) in [7, 11) is 0. The molecule has 1 N–H and O–H groups in total. The highest BCUT2D eigenvalue weighted by Crippen LogP contribution is 2.28. The van der Waals surface area contributed by atoms with Crippen molar-refractivity contribution in [1.29, 1.82) is 0 Å². The van der Waals surface area contributed by atoms with Gasteiger partial charge in [-0.05, 0) is 18.2 Å². The van der Waals surface area contributed by atoms with Crippen LogP contribution >= 0.6 is 0 Å². The zero-order chi connectivity index (χ0) is 20.7. The molecule has 152 valence electrons. The van der Waals surface area contributed by atoms with Gasteiger partial charge in [0.1, 0.15) is 17.5 Å². The van der Waals surface area contributed by atoms with Gasteiger partial charge in [-0.3, -0.25) is 14.9 Å².